The van der Waals surface area contributed by atoms with Crippen molar-refractivity contribution in [2.45, 2.75) is 70.1 Å². The molecule has 1 amide bonds. The number of hydrogen-bond donors (Lipinski definition) is 2. The van der Waals surface area contributed by atoms with Crippen LogP contribution in [0.2, 0.25) is 0 Å². The summed E-state index contributed by atoms with van der Waals surface area (Å²) in [6.07, 6.45) is 7.15. The SMILES string of the molecule is CC(=O)[C@@]1(O)[C@@H](SC#N)C[C@H]2[C@@H]3CCC4=CC(=O)NCC[C@]4(C)[C@H]3CC[C@@]21C. The smallest absolute Gasteiger partial charge is 0.243 e. The van der Waals surface area contributed by atoms with Gasteiger partial charge in [0.05, 0.1) is 5.25 Å². The molecule has 4 aliphatic rings. The lowest BCUT2D eigenvalue weighted by Gasteiger charge is -2.58. The topological polar surface area (TPSA) is 90.2 Å². The molecule has 152 valence electrons. The number of aliphatic hydroxyl groups is 1. The maximum Gasteiger partial charge on any atom is 0.243 e. The number of fused-ring (bicyclic) bond motifs is 5. The van der Waals surface area contributed by atoms with Crippen molar-refractivity contribution in [3.63, 3.8) is 0 Å². The third kappa shape index (κ3) is 2.48. The monoisotopic (exact) mass is 402 g/mol. The van der Waals surface area contributed by atoms with Gasteiger partial charge in [-0.25, -0.2) is 0 Å². The number of allylic oxidation sites excluding steroid dienone is 1. The summed E-state index contributed by atoms with van der Waals surface area (Å²) in [5, 5.41) is 25.6. The van der Waals surface area contributed by atoms with Crippen molar-refractivity contribution < 1.29 is 14.7 Å². The molecule has 0 aromatic rings. The standard InChI is InChI=1S/C22H30N2O3S/c1-13(25)22(27)18(28-12-23)11-17-15-5-4-14-10-19(26)24-9-8-20(14,2)16(15)6-7-21(17,22)3/h10,15-18,27H,4-9,11H2,1-3H3,(H,24,26)/t15-,16+,17+,18+,20+,21+,22-/m1/s1. The third-order valence-electron chi connectivity index (χ3n) is 8.91. The molecule has 0 aromatic heterocycles. The Morgan fingerprint density at radius 1 is 1.32 bits per heavy atom. The van der Waals surface area contributed by atoms with Gasteiger partial charge in [0, 0.05) is 18.0 Å². The molecule has 0 aromatic carbocycles. The van der Waals surface area contributed by atoms with Crippen LogP contribution in [0.25, 0.3) is 0 Å². The van der Waals surface area contributed by atoms with Gasteiger partial charge >= 0.3 is 0 Å². The summed E-state index contributed by atoms with van der Waals surface area (Å²) in [6, 6.07) is 0. The van der Waals surface area contributed by atoms with E-state index in [9.17, 15) is 20.0 Å². The maximum absolute atomic E-state index is 12.6. The van der Waals surface area contributed by atoms with Crippen molar-refractivity contribution in [3.05, 3.63) is 11.6 Å². The summed E-state index contributed by atoms with van der Waals surface area (Å²) in [6.45, 7) is 6.58. The molecule has 3 fully saturated rings. The largest absolute Gasteiger partial charge is 0.380 e. The predicted octanol–water partition coefficient (Wildman–Crippen LogP) is 3.19. The minimum Gasteiger partial charge on any atom is -0.380 e. The highest BCUT2D eigenvalue weighted by Crippen LogP contribution is 2.68. The number of thioether (sulfide) groups is 1. The van der Waals surface area contributed by atoms with E-state index in [0.29, 0.717) is 18.4 Å². The number of carbonyl (C=O) groups is 2. The van der Waals surface area contributed by atoms with Crippen molar-refractivity contribution in [2.24, 2.45) is 28.6 Å². The number of nitrogens with zero attached hydrogens (tertiary/aromatic N) is 1. The Labute approximate surface area is 171 Å². The quantitative estimate of drug-likeness (QED) is 0.692. The molecule has 5 nitrogen and oxygen atoms in total. The molecule has 1 heterocycles. The fourth-order valence-electron chi connectivity index (χ4n) is 7.39. The van der Waals surface area contributed by atoms with Crippen LogP contribution in [0.3, 0.4) is 0 Å². The molecule has 6 heteroatoms. The Hall–Kier alpha value is -1.32. The van der Waals surface area contributed by atoms with E-state index in [1.165, 1.54) is 12.5 Å². The summed E-state index contributed by atoms with van der Waals surface area (Å²) < 4.78 is 0. The first-order chi connectivity index (χ1) is 13.2. The van der Waals surface area contributed by atoms with E-state index in [4.69, 9.17) is 0 Å². The van der Waals surface area contributed by atoms with Crippen LogP contribution in [-0.4, -0.2) is 34.2 Å². The van der Waals surface area contributed by atoms with Crippen LogP contribution in [-0.2, 0) is 9.59 Å². The lowest BCUT2D eigenvalue weighted by Crippen LogP contribution is -2.59. The van der Waals surface area contributed by atoms with Gasteiger partial charge in [-0.15, -0.1) is 0 Å². The van der Waals surface area contributed by atoms with Gasteiger partial charge in [-0.05, 0) is 80.4 Å². The van der Waals surface area contributed by atoms with Gasteiger partial charge in [-0.1, -0.05) is 19.4 Å². The molecule has 7 atom stereocenters. The molecule has 2 N–H and O–H groups in total. The number of amides is 1. The van der Waals surface area contributed by atoms with E-state index in [1.54, 1.807) is 0 Å². The van der Waals surface area contributed by atoms with E-state index in [-0.39, 0.29) is 28.3 Å². The van der Waals surface area contributed by atoms with Crippen molar-refractivity contribution in [1.82, 2.24) is 5.32 Å². The second-order valence-electron chi connectivity index (χ2n) is 9.76. The zero-order valence-electron chi connectivity index (χ0n) is 17.0. The van der Waals surface area contributed by atoms with E-state index in [0.717, 1.165) is 50.3 Å². The molecule has 0 spiro atoms. The van der Waals surface area contributed by atoms with Gasteiger partial charge < -0.3 is 10.4 Å². The second-order valence-corrected chi connectivity index (χ2v) is 10.7. The van der Waals surface area contributed by atoms with Crippen molar-refractivity contribution in [1.29, 1.82) is 5.26 Å². The van der Waals surface area contributed by atoms with Crippen molar-refractivity contribution >= 4 is 23.5 Å². The van der Waals surface area contributed by atoms with Gasteiger partial charge in [0.2, 0.25) is 5.91 Å². The van der Waals surface area contributed by atoms with E-state index >= 15 is 0 Å². The fraction of sp³-hybridized carbons (Fsp3) is 0.773. The van der Waals surface area contributed by atoms with E-state index in [2.05, 4.69) is 24.6 Å². The minimum absolute atomic E-state index is 0.00178. The number of hydrogen-bond acceptors (Lipinski definition) is 5. The average molecular weight is 403 g/mol. The summed E-state index contributed by atoms with van der Waals surface area (Å²) in [4.78, 5) is 24.7. The summed E-state index contributed by atoms with van der Waals surface area (Å²) in [5.74, 6) is 0.937. The number of carbonyl (C=O) groups excluding carboxylic acids is 2. The molecule has 0 bridgehead atoms. The Morgan fingerprint density at radius 3 is 2.75 bits per heavy atom. The average Bonchev–Trinajstić information content (AvgIpc) is 2.76. The van der Waals surface area contributed by atoms with Gasteiger partial charge in [-0.2, -0.15) is 5.26 Å². The molecule has 3 aliphatic carbocycles. The molecular formula is C22H30N2O3S. The number of ketones is 1. The van der Waals surface area contributed by atoms with Crippen molar-refractivity contribution in [2.75, 3.05) is 6.54 Å². The van der Waals surface area contributed by atoms with Crippen LogP contribution in [0.5, 0.6) is 0 Å². The highest BCUT2D eigenvalue weighted by Gasteiger charge is 2.69. The summed E-state index contributed by atoms with van der Waals surface area (Å²) in [5.41, 5.74) is -0.639. The maximum atomic E-state index is 12.6. The van der Waals surface area contributed by atoms with E-state index < -0.39 is 11.0 Å². The lowest BCUT2D eigenvalue weighted by molar-refractivity contribution is -0.158. The number of Topliss-reactive ketones (excluding diaryl/α,β-unsaturated/α-hetero) is 1. The highest BCUT2D eigenvalue weighted by atomic mass is 32.2. The van der Waals surface area contributed by atoms with Crippen LogP contribution in [0.4, 0.5) is 0 Å². The molecule has 1 aliphatic heterocycles. The molecular weight excluding hydrogens is 372 g/mol. The van der Waals surface area contributed by atoms with E-state index in [1.807, 2.05) is 6.08 Å². The molecule has 0 unspecified atom stereocenters. The molecule has 4 rings (SSSR count). The minimum atomic E-state index is -1.43. The predicted molar refractivity (Wildman–Crippen MR) is 108 cm³/mol. The Morgan fingerprint density at radius 2 is 2.07 bits per heavy atom. The molecule has 0 saturated heterocycles. The zero-order chi connectivity index (χ0) is 20.3. The Kier molecular flexibility index (Phi) is 4.71. The second kappa shape index (κ2) is 6.60. The number of thiocyanates is 1. The normalized spacial score (nSPS) is 47.5. The molecule has 3 saturated carbocycles. The Bertz CT molecular complexity index is 789. The number of rotatable bonds is 2. The Balaban J connectivity index is 1.73. The lowest BCUT2D eigenvalue weighted by atomic mass is 9.47. The first kappa shape index (κ1) is 20.0. The zero-order valence-corrected chi connectivity index (χ0v) is 17.8. The van der Waals surface area contributed by atoms with Crippen LogP contribution >= 0.6 is 11.8 Å². The first-order valence-electron chi connectivity index (χ1n) is 10.5. The van der Waals surface area contributed by atoms with Gasteiger partial charge in [0.25, 0.3) is 0 Å². The number of nitrogens with one attached hydrogen (secondary N) is 1. The summed E-state index contributed by atoms with van der Waals surface area (Å²) in [7, 11) is 0. The third-order valence-corrected chi connectivity index (χ3v) is 9.83. The highest BCUT2D eigenvalue weighted by molar-refractivity contribution is 8.04. The van der Waals surface area contributed by atoms with Crippen LogP contribution < -0.4 is 5.32 Å². The van der Waals surface area contributed by atoms with Crippen molar-refractivity contribution in [3.8, 4) is 5.40 Å². The van der Waals surface area contributed by atoms with Gasteiger partial charge in [-0.3, -0.25) is 9.59 Å². The molecule has 28 heavy (non-hydrogen) atoms. The first-order valence-corrected chi connectivity index (χ1v) is 11.3. The van der Waals surface area contributed by atoms with Crippen LogP contribution in [0.1, 0.15) is 59.3 Å². The van der Waals surface area contributed by atoms with Gasteiger partial charge in [0.1, 0.15) is 11.0 Å². The molecule has 0 radical (unpaired) electrons. The van der Waals surface area contributed by atoms with Crippen LogP contribution in [0, 0.1) is 39.2 Å². The summed E-state index contributed by atoms with van der Waals surface area (Å²) >= 11 is 1.07. The number of nitriles is 1. The van der Waals surface area contributed by atoms with Crippen LogP contribution in [0.15, 0.2) is 11.6 Å². The van der Waals surface area contributed by atoms with Gasteiger partial charge in [0.15, 0.2) is 5.78 Å². The fourth-order valence-corrected chi connectivity index (χ4v) is 8.42.